The zero-order chi connectivity index (χ0) is 13.0. The summed E-state index contributed by atoms with van der Waals surface area (Å²) in [6.45, 7) is 6.08. The average Bonchev–Trinajstić information content (AvgIpc) is 2.25. The number of rotatable bonds is 5. The molecule has 3 N–H and O–H groups in total. The lowest BCUT2D eigenvalue weighted by atomic mass is 10.1. The SMILES string of the molecule is Cc1ccc(C(=O)O)c(NCC(O)C(C)C)c1. The largest absolute Gasteiger partial charge is 0.478 e. The lowest BCUT2D eigenvalue weighted by Crippen LogP contribution is -2.25. The number of aliphatic hydroxyl groups excluding tert-OH is 1. The van der Waals surface area contributed by atoms with E-state index in [1.165, 1.54) is 0 Å². The number of carboxylic acids is 1. The Morgan fingerprint density at radius 1 is 1.41 bits per heavy atom. The highest BCUT2D eigenvalue weighted by molar-refractivity contribution is 5.94. The first-order valence-electron chi connectivity index (χ1n) is 5.67. The minimum atomic E-state index is -0.966. The Labute approximate surface area is 101 Å². The molecule has 0 aliphatic carbocycles. The fourth-order valence-corrected chi connectivity index (χ4v) is 1.44. The van der Waals surface area contributed by atoms with Gasteiger partial charge in [-0.05, 0) is 30.5 Å². The molecular formula is C13H19NO3. The Hall–Kier alpha value is -1.55. The fraction of sp³-hybridized carbons (Fsp3) is 0.462. The molecule has 94 valence electrons. The maximum atomic E-state index is 11.0. The minimum Gasteiger partial charge on any atom is -0.478 e. The van der Waals surface area contributed by atoms with E-state index in [1.807, 2.05) is 20.8 Å². The van der Waals surface area contributed by atoms with E-state index < -0.39 is 12.1 Å². The smallest absolute Gasteiger partial charge is 0.337 e. The van der Waals surface area contributed by atoms with Gasteiger partial charge in [-0.2, -0.15) is 0 Å². The first-order chi connectivity index (χ1) is 7.91. The molecule has 0 radical (unpaired) electrons. The molecule has 1 rings (SSSR count). The normalized spacial score (nSPS) is 12.5. The predicted molar refractivity (Wildman–Crippen MR) is 67.5 cm³/mol. The number of anilines is 1. The lowest BCUT2D eigenvalue weighted by Gasteiger charge is -2.17. The Balaban J connectivity index is 2.82. The second-order valence-corrected chi connectivity index (χ2v) is 4.55. The van der Waals surface area contributed by atoms with Crippen molar-refractivity contribution >= 4 is 11.7 Å². The zero-order valence-corrected chi connectivity index (χ0v) is 10.4. The van der Waals surface area contributed by atoms with Crippen molar-refractivity contribution in [2.45, 2.75) is 26.9 Å². The van der Waals surface area contributed by atoms with E-state index in [4.69, 9.17) is 5.11 Å². The maximum Gasteiger partial charge on any atom is 0.337 e. The van der Waals surface area contributed by atoms with Gasteiger partial charge in [0.1, 0.15) is 0 Å². The summed E-state index contributed by atoms with van der Waals surface area (Å²) in [6, 6.07) is 5.10. The highest BCUT2D eigenvalue weighted by Gasteiger charge is 2.13. The summed E-state index contributed by atoms with van der Waals surface area (Å²) in [5.41, 5.74) is 1.76. The van der Waals surface area contributed by atoms with Crippen molar-refractivity contribution < 1.29 is 15.0 Å². The first-order valence-corrected chi connectivity index (χ1v) is 5.67. The maximum absolute atomic E-state index is 11.0. The molecule has 0 amide bonds. The van der Waals surface area contributed by atoms with E-state index in [0.717, 1.165) is 5.56 Å². The summed E-state index contributed by atoms with van der Waals surface area (Å²) >= 11 is 0. The van der Waals surface area contributed by atoms with Gasteiger partial charge in [-0.3, -0.25) is 0 Å². The van der Waals surface area contributed by atoms with Crippen LogP contribution in [0.25, 0.3) is 0 Å². The van der Waals surface area contributed by atoms with Gasteiger partial charge < -0.3 is 15.5 Å². The molecule has 4 heteroatoms. The van der Waals surface area contributed by atoms with Crippen molar-refractivity contribution in [3.05, 3.63) is 29.3 Å². The minimum absolute atomic E-state index is 0.139. The lowest BCUT2D eigenvalue weighted by molar-refractivity contribution is 0.0697. The number of carboxylic acid groups (broad SMARTS) is 1. The van der Waals surface area contributed by atoms with Crippen molar-refractivity contribution in [1.82, 2.24) is 0 Å². The third-order valence-electron chi connectivity index (χ3n) is 2.68. The Bertz CT molecular complexity index is 402. The van der Waals surface area contributed by atoms with Gasteiger partial charge in [-0.1, -0.05) is 19.9 Å². The van der Waals surface area contributed by atoms with Gasteiger partial charge in [0, 0.05) is 12.2 Å². The summed E-state index contributed by atoms with van der Waals surface area (Å²) in [6.07, 6.45) is -0.489. The molecule has 0 saturated carbocycles. The van der Waals surface area contributed by atoms with Gasteiger partial charge in [0.05, 0.1) is 11.7 Å². The Kier molecular flexibility index (Phi) is 4.52. The highest BCUT2D eigenvalue weighted by atomic mass is 16.4. The average molecular weight is 237 g/mol. The van der Waals surface area contributed by atoms with Gasteiger partial charge in [0.15, 0.2) is 0 Å². The van der Waals surface area contributed by atoms with E-state index >= 15 is 0 Å². The van der Waals surface area contributed by atoms with Crippen LogP contribution in [0.3, 0.4) is 0 Å². The van der Waals surface area contributed by atoms with E-state index in [2.05, 4.69) is 5.32 Å². The van der Waals surface area contributed by atoms with Crippen LogP contribution < -0.4 is 5.32 Å². The van der Waals surface area contributed by atoms with E-state index in [9.17, 15) is 9.90 Å². The van der Waals surface area contributed by atoms with Crippen LogP contribution in [-0.4, -0.2) is 28.8 Å². The van der Waals surface area contributed by atoms with E-state index in [1.54, 1.807) is 18.2 Å². The van der Waals surface area contributed by atoms with Gasteiger partial charge in [-0.25, -0.2) is 4.79 Å². The van der Waals surface area contributed by atoms with Gasteiger partial charge >= 0.3 is 5.97 Å². The van der Waals surface area contributed by atoms with Gasteiger partial charge in [-0.15, -0.1) is 0 Å². The molecule has 1 atom stereocenters. The summed E-state index contributed by atoms with van der Waals surface area (Å²) in [5, 5.41) is 21.7. The second kappa shape index (κ2) is 5.68. The molecule has 0 fully saturated rings. The number of aryl methyl sites for hydroxylation is 1. The van der Waals surface area contributed by atoms with Crippen molar-refractivity contribution in [3.63, 3.8) is 0 Å². The van der Waals surface area contributed by atoms with Crippen molar-refractivity contribution in [1.29, 1.82) is 0 Å². The van der Waals surface area contributed by atoms with Crippen molar-refractivity contribution in [3.8, 4) is 0 Å². The summed E-state index contributed by atoms with van der Waals surface area (Å²) in [4.78, 5) is 11.0. The fourth-order valence-electron chi connectivity index (χ4n) is 1.44. The van der Waals surface area contributed by atoms with Crippen LogP contribution in [0.1, 0.15) is 29.8 Å². The van der Waals surface area contributed by atoms with E-state index in [-0.39, 0.29) is 11.5 Å². The number of benzene rings is 1. The monoisotopic (exact) mass is 237 g/mol. The molecule has 0 spiro atoms. The van der Waals surface area contributed by atoms with Crippen LogP contribution >= 0.6 is 0 Å². The predicted octanol–water partition coefficient (Wildman–Crippen LogP) is 2.12. The molecular weight excluding hydrogens is 218 g/mol. The number of hydrogen-bond acceptors (Lipinski definition) is 3. The number of aromatic carboxylic acids is 1. The number of nitrogens with one attached hydrogen (secondary N) is 1. The van der Waals surface area contributed by atoms with Gasteiger partial charge in [0.2, 0.25) is 0 Å². The van der Waals surface area contributed by atoms with Crippen LogP contribution in [0.4, 0.5) is 5.69 Å². The number of aliphatic hydroxyl groups is 1. The number of hydrogen-bond donors (Lipinski definition) is 3. The topological polar surface area (TPSA) is 69.6 Å². The molecule has 0 saturated heterocycles. The quantitative estimate of drug-likeness (QED) is 0.733. The Morgan fingerprint density at radius 3 is 2.59 bits per heavy atom. The molecule has 0 aromatic heterocycles. The van der Waals surface area contributed by atoms with Crippen LogP contribution in [0.15, 0.2) is 18.2 Å². The van der Waals surface area contributed by atoms with Crippen LogP contribution in [0.5, 0.6) is 0 Å². The standard InChI is InChI=1S/C13H19NO3/c1-8(2)12(15)7-14-11-6-9(3)4-5-10(11)13(16)17/h4-6,8,12,14-15H,7H2,1-3H3,(H,16,17). The number of carbonyl (C=O) groups is 1. The molecule has 0 bridgehead atoms. The first kappa shape index (κ1) is 13.5. The summed E-state index contributed by atoms with van der Waals surface area (Å²) in [7, 11) is 0. The van der Waals surface area contributed by atoms with Crippen LogP contribution in [0.2, 0.25) is 0 Å². The third-order valence-corrected chi connectivity index (χ3v) is 2.68. The zero-order valence-electron chi connectivity index (χ0n) is 10.4. The molecule has 0 aliphatic rings. The molecule has 4 nitrogen and oxygen atoms in total. The van der Waals surface area contributed by atoms with E-state index in [0.29, 0.717) is 12.2 Å². The molecule has 1 unspecified atom stereocenters. The Morgan fingerprint density at radius 2 is 2.06 bits per heavy atom. The molecule has 0 aliphatic heterocycles. The van der Waals surface area contributed by atoms with Crippen LogP contribution in [-0.2, 0) is 0 Å². The molecule has 1 aromatic rings. The summed E-state index contributed by atoms with van der Waals surface area (Å²) < 4.78 is 0. The third kappa shape index (κ3) is 3.75. The van der Waals surface area contributed by atoms with Crippen LogP contribution in [0, 0.1) is 12.8 Å². The molecule has 17 heavy (non-hydrogen) atoms. The molecule has 1 aromatic carbocycles. The van der Waals surface area contributed by atoms with Crippen molar-refractivity contribution in [2.24, 2.45) is 5.92 Å². The highest BCUT2D eigenvalue weighted by Crippen LogP contribution is 2.18. The van der Waals surface area contributed by atoms with Gasteiger partial charge in [0.25, 0.3) is 0 Å². The second-order valence-electron chi connectivity index (χ2n) is 4.55. The summed E-state index contributed by atoms with van der Waals surface area (Å²) in [5.74, 6) is -0.827. The molecule has 0 heterocycles. The van der Waals surface area contributed by atoms with Crippen molar-refractivity contribution in [2.75, 3.05) is 11.9 Å².